The number of hydrogen-bond donors (Lipinski definition) is 1. The van der Waals surface area contributed by atoms with Gasteiger partial charge in [-0.05, 0) is 24.1 Å². The fourth-order valence-electron chi connectivity index (χ4n) is 3.74. The van der Waals surface area contributed by atoms with Crippen LogP contribution in [0, 0.1) is 0 Å². The average molecular weight is 384 g/mol. The van der Waals surface area contributed by atoms with Crippen LogP contribution in [-0.2, 0) is 0 Å². The molecule has 4 aromatic rings. The largest absolute Gasteiger partial charge is 0.353 e. The predicted octanol–water partition coefficient (Wildman–Crippen LogP) is 2.80. The predicted molar refractivity (Wildman–Crippen MR) is 111 cm³/mol. The molecule has 0 saturated carbocycles. The van der Waals surface area contributed by atoms with E-state index in [-0.39, 0.29) is 17.8 Å². The van der Waals surface area contributed by atoms with Gasteiger partial charge in [-0.1, -0.05) is 30.3 Å². The summed E-state index contributed by atoms with van der Waals surface area (Å²) in [5.41, 5.74) is 2.98. The van der Waals surface area contributed by atoms with Crippen molar-refractivity contribution in [2.45, 2.75) is 12.5 Å². The maximum Gasteiger partial charge on any atom is 0.289 e. The fourth-order valence-corrected chi connectivity index (χ4v) is 3.74. The third kappa shape index (κ3) is 3.42. The first-order valence-corrected chi connectivity index (χ1v) is 9.63. The summed E-state index contributed by atoms with van der Waals surface area (Å²) in [5.74, 6) is 0.887. The number of aromatic nitrogens is 4. The van der Waals surface area contributed by atoms with Gasteiger partial charge < -0.3 is 14.6 Å². The van der Waals surface area contributed by atoms with E-state index in [1.54, 1.807) is 18.6 Å². The van der Waals surface area contributed by atoms with Gasteiger partial charge in [-0.2, -0.15) is 0 Å². The van der Waals surface area contributed by atoms with E-state index >= 15 is 0 Å². The third-order valence-electron chi connectivity index (χ3n) is 5.22. The van der Waals surface area contributed by atoms with Crippen molar-refractivity contribution in [3.8, 4) is 11.1 Å². The summed E-state index contributed by atoms with van der Waals surface area (Å²) in [4.78, 5) is 27.8. The van der Waals surface area contributed by atoms with Gasteiger partial charge >= 0.3 is 0 Å². The van der Waals surface area contributed by atoms with Crippen molar-refractivity contribution in [3.63, 3.8) is 0 Å². The zero-order valence-electron chi connectivity index (χ0n) is 15.8. The van der Waals surface area contributed by atoms with Crippen LogP contribution in [0.25, 0.3) is 16.6 Å². The Labute approximate surface area is 168 Å². The van der Waals surface area contributed by atoms with Gasteiger partial charge in [0.05, 0.1) is 5.52 Å². The molecular weight excluding hydrogens is 364 g/mol. The molecule has 3 aromatic heterocycles. The van der Waals surface area contributed by atoms with Crippen molar-refractivity contribution in [3.05, 3.63) is 79.3 Å². The Morgan fingerprint density at radius 1 is 0.966 bits per heavy atom. The van der Waals surface area contributed by atoms with Gasteiger partial charge in [0.2, 0.25) is 5.82 Å². The van der Waals surface area contributed by atoms with Crippen LogP contribution in [0.4, 0.5) is 5.82 Å². The lowest BCUT2D eigenvalue weighted by Crippen LogP contribution is -2.38. The SMILES string of the molecule is O=C(N[C@H]1CCN(c2nccn3cccc23)C1)c1ncc(-c2ccccc2)cn1. The van der Waals surface area contributed by atoms with E-state index in [2.05, 4.69) is 35.6 Å². The molecule has 1 aliphatic rings. The summed E-state index contributed by atoms with van der Waals surface area (Å²) in [5, 5.41) is 3.06. The van der Waals surface area contributed by atoms with Crippen LogP contribution in [0.15, 0.2) is 73.4 Å². The molecule has 29 heavy (non-hydrogen) atoms. The van der Waals surface area contributed by atoms with E-state index in [0.717, 1.165) is 35.4 Å². The highest BCUT2D eigenvalue weighted by Crippen LogP contribution is 2.23. The molecule has 0 spiro atoms. The van der Waals surface area contributed by atoms with E-state index < -0.39 is 0 Å². The monoisotopic (exact) mass is 384 g/mol. The highest BCUT2D eigenvalue weighted by atomic mass is 16.2. The summed E-state index contributed by atoms with van der Waals surface area (Å²) in [6.07, 6.45) is 9.98. The number of benzene rings is 1. The Kier molecular flexibility index (Phi) is 4.40. The average Bonchev–Trinajstić information content (AvgIpc) is 3.44. The third-order valence-corrected chi connectivity index (χ3v) is 5.22. The summed E-state index contributed by atoms with van der Waals surface area (Å²) >= 11 is 0. The summed E-state index contributed by atoms with van der Waals surface area (Å²) in [7, 11) is 0. The summed E-state index contributed by atoms with van der Waals surface area (Å²) < 4.78 is 2.05. The Hall–Kier alpha value is -3.74. The molecule has 1 N–H and O–H groups in total. The lowest BCUT2D eigenvalue weighted by atomic mass is 10.1. The van der Waals surface area contributed by atoms with Gasteiger partial charge in [0.15, 0.2) is 5.82 Å². The van der Waals surface area contributed by atoms with Gasteiger partial charge in [0, 0.05) is 55.7 Å². The lowest BCUT2D eigenvalue weighted by Gasteiger charge is -2.18. The number of fused-ring (bicyclic) bond motifs is 1. The number of anilines is 1. The molecule has 7 nitrogen and oxygen atoms in total. The van der Waals surface area contributed by atoms with E-state index in [9.17, 15) is 4.79 Å². The fraction of sp³-hybridized carbons (Fsp3) is 0.182. The molecule has 1 atom stereocenters. The highest BCUT2D eigenvalue weighted by Gasteiger charge is 2.27. The number of carbonyl (C=O) groups excluding carboxylic acids is 1. The molecule has 5 rings (SSSR count). The molecule has 0 aliphatic carbocycles. The minimum Gasteiger partial charge on any atom is -0.353 e. The molecular formula is C22H20N6O. The molecule has 0 unspecified atom stereocenters. The van der Waals surface area contributed by atoms with Crippen molar-refractivity contribution in [2.24, 2.45) is 0 Å². The molecule has 1 aliphatic heterocycles. The molecule has 0 radical (unpaired) electrons. The van der Waals surface area contributed by atoms with Crippen LogP contribution >= 0.6 is 0 Å². The molecule has 4 heterocycles. The number of nitrogens with zero attached hydrogens (tertiary/aromatic N) is 5. The Morgan fingerprint density at radius 3 is 2.62 bits per heavy atom. The van der Waals surface area contributed by atoms with Gasteiger partial charge in [-0.3, -0.25) is 4.79 Å². The Balaban J connectivity index is 1.25. The maximum absolute atomic E-state index is 12.6. The standard InChI is InChI=1S/C22H20N6O/c29-22(20-24-13-17(14-25-20)16-5-2-1-3-6-16)26-18-8-11-28(15-18)21-19-7-4-10-27(19)12-9-23-21/h1-7,9-10,12-14,18H,8,11,15H2,(H,26,29)/t18-/m0/s1. The van der Waals surface area contributed by atoms with Gasteiger partial charge in [-0.15, -0.1) is 0 Å². The van der Waals surface area contributed by atoms with E-state index in [1.165, 1.54) is 0 Å². The lowest BCUT2D eigenvalue weighted by molar-refractivity contribution is 0.0930. The Bertz CT molecular complexity index is 1140. The minimum absolute atomic E-state index is 0.0388. The van der Waals surface area contributed by atoms with Gasteiger partial charge in [0.1, 0.15) is 0 Å². The normalized spacial score (nSPS) is 16.3. The molecule has 1 fully saturated rings. The topological polar surface area (TPSA) is 75.4 Å². The van der Waals surface area contributed by atoms with E-state index in [1.807, 2.05) is 48.8 Å². The number of amides is 1. The van der Waals surface area contributed by atoms with Crippen molar-refractivity contribution in [1.82, 2.24) is 24.7 Å². The molecule has 144 valence electrons. The second-order valence-corrected chi connectivity index (χ2v) is 7.12. The number of nitrogens with one attached hydrogen (secondary N) is 1. The second-order valence-electron chi connectivity index (χ2n) is 7.12. The molecule has 1 saturated heterocycles. The van der Waals surface area contributed by atoms with Crippen molar-refractivity contribution < 1.29 is 4.79 Å². The highest BCUT2D eigenvalue weighted by molar-refractivity contribution is 5.91. The number of hydrogen-bond acceptors (Lipinski definition) is 5. The molecule has 7 heteroatoms. The van der Waals surface area contributed by atoms with Crippen molar-refractivity contribution in [1.29, 1.82) is 0 Å². The summed E-state index contributed by atoms with van der Waals surface area (Å²) in [6, 6.07) is 14.0. The maximum atomic E-state index is 12.6. The first kappa shape index (κ1) is 17.4. The van der Waals surface area contributed by atoms with Crippen molar-refractivity contribution >= 4 is 17.2 Å². The molecule has 0 bridgehead atoms. The van der Waals surface area contributed by atoms with Crippen LogP contribution in [0.2, 0.25) is 0 Å². The van der Waals surface area contributed by atoms with Crippen molar-refractivity contribution in [2.75, 3.05) is 18.0 Å². The smallest absolute Gasteiger partial charge is 0.289 e. The quantitative estimate of drug-likeness (QED) is 0.586. The number of rotatable bonds is 4. The van der Waals surface area contributed by atoms with E-state index in [4.69, 9.17) is 0 Å². The molecule has 1 amide bonds. The van der Waals surface area contributed by atoms with Crippen LogP contribution in [-0.4, -0.2) is 44.4 Å². The number of carbonyl (C=O) groups is 1. The van der Waals surface area contributed by atoms with Crippen LogP contribution in [0.1, 0.15) is 17.0 Å². The minimum atomic E-state index is -0.245. The van der Waals surface area contributed by atoms with Crippen LogP contribution in [0.5, 0.6) is 0 Å². The summed E-state index contributed by atoms with van der Waals surface area (Å²) in [6.45, 7) is 1.56. The van der Waals surface area contributed by atoms with Gasteiger partial charge in [-0.25, -0.2) is 15.0 Å². The Morgan fingerprint density at radius 2 is 1.79 bits per heavy atom. The first-order chi connectivity index (χ1) is 14.3. The zero-order chi connectivity index (χ0) is 19.6. The second kappa shape index (κ2) is 7.35. The van der Waals surface area contributed by atoms with Crippen LogP contribution in [0.3, 0.4) is 0 Å². The first-order valence-electron chi connectivity index (χ1n) is 9.63. The van der Waals surface area contributed by atoms with Crippen LogP contribution < -0.4 is 10.2 Å². The van der Waals surface area contributed by atoms with E-state index in [0.29, 0.717) is 6.54 Å². The zero-order valence-corrected chi connectivity index (χ0v) is 15.8. The molecule has 1 aromatic carbocycles. The van der Waals surface area contributed by atoms with Gasteiger partial charge in [0.25, 0.3) is 5.91 Å².